The summed E-state index contributed by atoms with van der Waals surface area (Å²) < 4.78 is 0. The first-order valence-corrected chi connectivity index (χ1v) is 13.2. The Bertz CT molecular complexity index is 1110. The summed E-state index contributed by atoms with van der Waals surface area (Å²) in [6.07, 6.45) is 2.04. The summed E-state index contributed by atoms with van der Waals surface area (Å²) in [6, 6.07) is 12.1. The van der Waals surface area contributed by atoms with Gasteiger partial charge in [-0.3, -0.25) is 15.0 Å². The van der Waals surface area contributed by atoms with Crippen LogP contribution in [-0.2, 0) is 22.4 Å². The van der Waals surface area contributed by atoms with Crippen LogP contribution in [0.15, 0.2) is 47.5 Å². The lowest BCUT2D eigenvalue weighted by Crippen LogP contribution is -2.49. The Balaban J connectivity index is 0.00000187. The van der Waals surface area contributed by atoms with Crippen molar-refractivity contribution < 1.29 is 14.7 Å². The number of carbonyl (C=O) groups is 2. The Morgan fingerprint density at radius 1 is 1.00 bits per heavy atom. The van der Waals surface area contributed by atoms with Crippen molar-refractivity contribution in [1.29, 1.82) is 5.41 Å². The van der Waals surface area contributed by atoms with Crippen LogP contribution < -0.4 is 22.1 Å². The molecule has 0 radical (unpaired) electrons. The summed E-state index contributed by atoms with van der Waals surface area (Å²) in [6.45, 7) is 6.03. The van der Waals surface area contributed by atoms with E-state index in [-0.39, 0.29) is 23.5 Å². The maximum Gasteiger partial charge on any atom is 0.245 e. The summed E-state index contributed by atoms with van der Waals surface area (Å²) in [5.41, 5.74) is 12.9. The summed E-state index contributed by atoms with van der Waals surface area (Å²) in [5, 5.41) is 21.7. The molecule has 11 heteroatoms. The van der Waals surface area contributed by atoms with Crippen LogP contribution in [0.1, 0.15) is 35.6 Å². The number of phenols is 1. The summed E-state index contributed by atoms with van der Waals surface area (Å²) in [4.78, 5) is 34.5. The fourth-order valence-electron chi connectivity index (χ4n) is 4.13. The Morgan fingerprint density at radius 3 is 2.02 bits per heavy atom. The van der Waals surface area contributed by atoms with Gasteiger partial charge in [0, 0.05) is 41.2 Å². The van der Waals surface area contributed by atoms with Crippen LogP contribution in [0.25, 0.3) is 0 Å². The molecule has 2 atom stereocenters. The molecule has 40 heavy (non-hydrogen) atoms. The number of aromatic hydroxyl groups is 1. The highest BCUT2D eigenvalue weighted by Gasteiger charge is 2.25. The van der Waals surface area contributed by atoms with Gasteiger partial charge in [-0.2, -0.15) is 0 Å². The number of nitrogens with zero attached hydrogens (tertiary/aromatic N) is 3. The molecule has 8 N–H and O–H groups in total. The van der Waals surface area contributed by atoms with E-state index in [1.165, 1.54) is 5.56 Å². The lowest BCUT2D eigenvalue weighted by atomic mass is 9.95. The van der Waals surface area contributed by atoms with E-state index in [9.17, 15) is 14.7 Å². The van der Waals surface area contributed by atoms with E-state index < -0.39 is 12.1 Å². The average Bonchev–Trinajstić information content (AvgIpc) is 2.85. The van der Waals surface area contributed by atoms with Gasteiger partial charge in [0.15, 0.2) is 11.9 Å². The van der Waals surface area contributed by atoms with Gasteiger partial charge in [-0.25, -0.2) is 4.99 Å². The van der Waals surface area contributed by atoms with Gasteiger partial charge in [0.1, 0.15) is 17.8 Å². The molecule has 11 nitrogen and oxygen atoms in total. The number of aliphatic imine (C=N–C) groups is 1. The van der Waals surface area contributed by atoms with Crippen molar-refractivity contribution in [2.45, 2.75) is 52.1 Å². The van der Waals surface area contributed by atoms with E-state index in [1.54, 1.807) is 19.1 Å². The van der Waals surface area contributed by atoms with E-state index in [4.69, 9.17) is 10.4 Å². The lowest BCUT2D eigenvalue weighted by Gasteiger charge is -2.26. The molecule has 0 aliphatic heterocycles. The second-order valence-electron chi connectivity index (χ2n) is 10.1. The normalized spacial score (nSPS) is 11.7. The first kappa shape index (κ1) is 33.7. The van der Waals surface area contributed by atoms with E-state index in [0.717, 1.165) is 29.5 Å². The number of rotatable bonds is 10. The number of nitrogens with one attached hydrogen (secondary N) is 3. The molecule has 0 aromatic heterocycles. The molecule has 2 amide bonds. The van der Waals surface area contributed by atoms with Crippen LogP contribution in [0.2, 0.25) is 0 Å². The second kappa shape index (κ2) is 16.6. The minimum absolute atomic E-state index is 0.193. The molecular formula is C29H46N8O3. The number of hydrogen-bond acceptors (Lipinski definition) is 5. The number of guanidine groups is 2. The van der Waals surface area contributed by atoms with Gasteiger partial charge < -0.3 is 37.0 Å². The van der Waals surface area contributed by atoms with Crippen molar-refractivity contribution in [3.63, 3.8) is 0 Å². The zero-order valence-electron chi connectivity index (χ0n) is 24.8. The minimum Gasteiger partial charge on any atom is -0.508 e. The highest BCUT2D eigenvalue weighted by atomic mass is 16.3. The van der Waals surface area contributed by atoms with Gasteiger partial charge in [0.25, 0.3) is 0 Å². The standard InChI is InChI=1S/C28H41N5O3.CH5N3/c1-19-16-23(34)17-20(2)24(19)18-25(31-28(32(4)5)33(6)7)27(36)30-21(3)26(35)29-15-11-14-22-12-9-8-10-13-22;2-1(3)4/h8-10,12-13,16-17,21,25,34H,11,14-15,18H2,1-7H3,(H,29,35)(H,30,36);(H5,2,3,4)/t21-,25+;/m1./s1. The van der Waals surface area contributed by atoms with E-state index in [2.05, 4.69) is 34.2 Å². The average molecular weight is 555 g/mol. The zero-order chi connectivity index (χ0) is 30.4. The third-order valence-corrected chi connectivity index (χ3v) is 5.99. The Labute approximate surface area is 238 Å². The zero-order valence-corrected chi connectivity index (χ0v) is 24.8. The van der Waals surface area contributed by atoms with E-state index in [0.29, 0.717) is 18.9 Å². The minimum atomic E-state index is -0.750. The number of amides is 2. The van der Waals surface area contributed by atoms with Gasteiger partial charge in [-0.15, -0.1) is 0 Å². The van der Waals surface area contributed by atoms with Crippen LogP contribution in [0.5, 0.6) is 5.75 Å². The number of carbonyl (C=O) groups excluding carboxylic acids is 2. The van der Waals surface area contributed by atoms with Crippen molar-refractivity contribution in [3.05, 3.63) is 64.7 Å². The topological polar surface area (TPSA) is 173 Å². The van der Waals surface area contributed by atoms with Crippen molar-refractivity contribution in [2.75, 3.05) is 34.7 Å². The number of aryl methyl sites for hydroxylation is 3. The quantitative estimate of drug-likeness (QED) is 0.147. The largest absolute Gasteiger partial charge is 0.508 e. The molecule has 0 fully saturated rings. The van der Waals surface area contributed by atoms with Crippen LogP contribution in [0, 0.1) is 19.3 Å². The van der Waals surface area contributed by atoms with Crippen LogP contribution in [0.3, 0.4) is 0 Å². The number of benzene rings is 2. The molecule has 0 saturated carbocycles. The molecular weight excluding hydrogens is 508 g/mol. The van der Waals surface area contributed by atoms with E-state index in [1.807, 2.05) is 70.0 Å². The maximum atomic E-state index is 13.4. The van der Waals surface area contributed by atoms with Crippen molar-refractivity contribution in [1.82, 2.24) is 20.4 Å². The number of phenolic OH excluding ortho intramolecular Hbond substituents is 1. The molecule has 2 aromatic rings. The number of nitrogens with two attached hydrogens (primary N) is 2. The van der Waals surface area contributed by atoms with Gasteiger partial charge in [0.05, 0.1) is 0 Å². The van der Waals surface area contributed by atoms with Crippen LogP contribution >= 0.6 is 0 Å². The predicted octanol–water partition coefficient (Wildman–Crippen LogP) is 1.49. The molecule has 0 heterocycles. The lowest BCUT2D eigenvalue weighted by molar-refractivity contribution is -0.129. The van der Waals surface area contributed by atoms with Gasteiger partial charge in [-0.05, 0) is 68.0 Å². The Hall–Kier alpha value is -4.28. The molecule has 220 valence electrons. The highest BCUT2D eigenvalue weighted by Crippen LogP contribution is 2.23. The van der Waals surface area contributed by atoms with Crippen LogP contribution in [-0.4, -0.2) is 85.5 Å². The predicted molar refractivity (Wildman–Crippen MR) is 161 cm³/mol. The Morgan fingerprint density at radius 2 is 1.52 bits per heavy atom. The van der Waals surface area contributed by atoms with Crippen molar-refractivity contribution in [3.8, 4) is 5.75 Å². The SMILES string of the molecule is Cc1cc(O)cc(C)c1C[C@H](N=C(N(C)C)N(C)C)C(=O)N[C@H](C)C(=O)NCCCc1ccccc1.N=C(N)N. The second-order valence-corrected chi connectivity index (χ2v) is 10.1. The maximum absolute atomic E-state index is 13.4. The highest BCUT2D eigenvalue weighted by molar-refractivity contribution is 5.91. The molecule has 0 saturated heterocycles. The smallest absolute Gasteiger partial charge is 0.245 e. The van der Waals surface area contributed by atoms with Gasteiger partial charge in [0.2, 0.25) is 11.8 Å². The Kier molecular flexibility index (Phi) is 14.0. The van der Waals surface area contributed by atoms with Crippen molar-refractivity contribution in [2.24, 2.45) is 16.5 Å². The molecule has 0 spiro atoms. The molecule has 0 aliphatic carbocycles. The van der Waals surface area contributed by atoms with Crippen molar-refractivity contribution >= 4 is 23.7 Å². The third kappa shape index (κ3) is 12.1. The molecule has 2 aromatic carbocycles. The third-order valence-electron chi connectivity index (χ3n) is 5.99. The number of hydrogen-bond donors (Lipinski definition) is 6. The summed E-state index contributed by atoms with van der Waals surface area (Å²) in [7, 11) is 7.49. The fourth-order valence-corrected chi connectivity index (χ4v) is 4.13. The van der Waals surface area contributed by atoms with E-state index >= 15 is 0 Å². The molecule has 0 unspecified atom stereocenters. The monoisotopic (exact) mass is 554 g/mol. The first-order chi connectivity index (χ1) is 18.7. The van der Waals surface area contributed by atoms with Crippen LogP contribution in [0.4, 0.5) is 0 Å². The first-order valence-electron chi connectivity index (χ1n) is 13.2. The van der Waals surface area contributed by atoms with Gasteiger partial charge in [-0.1, -0.05) is 30.3 Å². The fraction of sp³-hybridized carbons (Fsp3) is 0.448. The molecule has 0 bridgehead atoms. The van der Waals surface area contributed by atoms with Gasteiger partial charge >= 0.3 is 0 Å². The summed E-state index contributed by atoms with van der Waals surface area (Å²) >= 11 is 0. The summed E-state index contributed by atoms with van der Waals surface area (Å²) in [5.74, 6) is -0.0491. The molecule has 2 rings (SSSR count). The molecule has 0 aliphatic rings.